The van der Waals surface area contributed by atoms with Gasteiger partial charge in [0.25, 0.3) is 0 Å². The SMILES string of the molecule is CC[C@H]([C@@H](C)O)n1ncn(-c2ccc(N3CCN(c4ccc(OC[C@@H]5CCOC5)cc4)CC3)cc2)c1=O. The monoisotopic (exact) mass is 507 g/mol. The first-order valence-electron chi connectivity index (χ1n) is 13.3. The summed E-state index contributed by atoms with van der Waals surface area (Å²) in [5.41, 5.74) is 2.88. The van der Waals surface area contributed by atoms with Crippen molar-refractivity contribution in [3.63, 3.8) is 0 Å². The highest BCUT2D eigenvalue weighted by Gasteiger charge is 2.21. The zero-order valence-corrected chi connectivity index (χ0v) is 21.7. The number of hydrogen-bond donors (Lipinski definition) is 1. The summed E-state index contributed by atoms with van der Waals surface area (Å²) in [7, 11) is 0. The average Bonchev–Trinajstić information content (AvgIpc) is 3.59. The van der Waals surface area contributed by atoms with E-state index >= 15 is 0 Å². The van der Waals surface area contributed by atoms with Crippen LogP contribution in [0.4, 0.5) is 11.4 Å². The van der Waals surface area contributed by atoms with Gasteiger partial charge in [-0.1, -0.05) is 6.92 Å². The first-order chi connectivity index (χ1) is 18.0. The number of piperazine rings is 1. The molecular weight excluding hydrogens is 470 g/mol. The van der Waals surface area contributed by atoms with E-state index in [9.17, 15) is 9.90 Å². The van der Waals surface area contributed by atoms with Gasteiger partial charge in [-0.05, 0) is 68.3 Å². The molecule has 3 heterocycles. The molecule has 0 radical (unpaired) electrons. The zero-order valence-electron chi connectivity index (χ0n) is 21.7. The number of aromatic nitrogens is 3. The molecule has 1 aromatic heterocycles. The zero-order chi connectivity index (χ0) is 25.8. The molecule has 0 amide bonds. The lowest BCUT2D eigenvalue weighted by Crippen LogP contribution is -2.46. The van der Waals surface area contributed by atoms with Crippen LogP contribution in [0.15, 0.2) is 59.7 Å². The molecule has 2 aromatic carbocycles. The Morgan fingerprint density at radius 3 is 2.14 bits per heavy atom. The van der Waals surface area contributed by atoms with Crippen molar-refractivity contribution in [1.82, 2.24) is 14.3 Å². The largest absolute Gasteiger partial charge is 0.493 e. The van der Waals surface area contributed by atoms with E-state index in [1.807, 2.05) is 19.1 Å². The maximum absolute atomic E-state index is 12.9. The number of hydrogen-bond acceptors (Lipinski definition) is 7. The maximum atomic E-state index is 12.9. The molecule has 0 spiro atoms. The third-order valence-corrected chi connectivity index (χ3v) is 7.47. The molecule has 2 fully saturated rings. The summed E-state index contributed by atoms with van der Waals surface area (Å²) in [6, 6.07) is 16.1. The van der Waals surface area contributed by atoms with E-state index in [-0.39, 0.29) is 11.7 Å². The van der Waals surface area contributed by atoms with Crippen molar-refractivity contribution < 1.29 is 14.6 Å². The van der Waals surface area contributed by atoms with Crippen molar-refractivity contribution in [2.45, 2.75) is 38.8 Å². The first-order valence-corrected chi connectivity index (χ1v) is 13.3. The Balaban J connectivity index is 1.16. The summed E-state index contributed by atoms with van der Waals surface area (Å²) < 4.78 is 14.3. The van der Waals surface area contributed by atoms with Crippen molar-refractivity contribution in [2.75, 3.05) is 55.8 Å². The summed E-state index contributed by atoms with van der Waals surface area (Å²) in [6.45, 7) is 9.70. The number of benzene rings is 2. The standard InChI is InChI=1S/C28H37N5O4/c1-3-27(21(2)34)33-28(35)32(20-29-33)25-6-4-23(5-7-25)30-13-15-31(16-14-30)24-8-10-26(11-9-24)37-19-22-12-17-36-18-22/h4-11,20-22,27,34H,3,12-19H2,1-2H3/t21-,22-,27-/m1/s1. The molecule has 1 N–H and O–H groups in total. The number of aliphatic hydroxyl groups excluding tert-OH is 1. The van der Waals surface area contributed by atoms with Gasteiger partial charge < -0.3 is 24.4 Å². The molecule has 37 heavy (non-hydrogen) atoms. The number of rotatable bonds is 9. The Kier molecular flexibility index (Phi) is 7.81. The minimum atomic E-state index is -0.643. The number of nitrogens with zero attached hydrogens (tertiary/aromatic N) is 5. The molecule has 2 aliphatic rings. The van der Waals surface area contributed by atoms with Gasteiger partial charge in [-0.3, -0.25) is 0 Å². The van der Waals surface area contributed by atoms with Gasteiger partial charge in [0.05, 0.1) is 31.0 Å². The highest BCUT2D eigenvalue weighted by molar-refractivity contribution is 5.54. The highest BCUT2D eigenvalue weighted by Crippen LogP contribution is 2.24. The first kappa shape index (κ1) is 25.4. The minimum absolute atomic E-state index is 0.238. The van der Waals surface area contributed by atoms with Crippen molar-refractivity contribution >= 4 is 11.4 Å². The lowest BCUT2D eigenvalue weighted by molar-refractivity contribution is 0.118. The molecule has 0 aliphatic carbocycles. The van der Waals surface area contributed by atoms with Crippen LogP contribution in [0, 0.1) is 5.92 Å². The lowest BCUT2D eigenvalue weighted by Gasteiger charge is -2.37. The van der Waals surface area contributed by atoms with Crippen LogP contribution in [-0.4, -0.2) is 71.6 Å². The van der Waals surface area contributed by atoms with E-state index in [2.05, 4.69) is 51.3 Å². The van der Waals surface area contributed by atoms with Crippen molar-refractivity contribution in [3.05, 3.63) is 65.3 Å². The Morgan fingerprint density at radius 2 is 1.59 bits per heavy atom. The van der Waals surface area contributed by atoms with Gasteiger partial charge in [0, 0.05) is 50.1 Å². The van der Waals surface area contributed by atoms with Crippen LogP contribution in [0.5, 0.6) is 5.75 Å². The second kappa shape index (κ2) is 11.4. The third kappa shape index (κ3) is 5.67. The fourth-order valence-electron chi connectivity index (χ4n) is 5.17. The van der Waals surface area contributed by atoms with Crippen LogP contribution >= 0.6 is 0 Å². The average molecular weight is 508 g/mol. The molecular formula is C28H37N5O4. The lowest BCUT2D eigenvalue weighted by atomic mass is 10.1. The van der Waals surface area contributed by atoms with E-state index in [0.29, 0.717) is 12.3 Å². The topological polar surface area (TPSA) is 85.0 Å². The molecule has 198 valence electrons. The fraction of sp³-hybridized carbons (Fsp3) is 0.500. The Labute approximate surface area is 217 Å². The van der Waals surface area contributed by atoms with Crippen LogP contribution in [0.25, 0.3) is 5.69 Å². The van der Waals surface area contributed by atoms with E-state index in [4.69, 9.17) is 9.47 Å². The summed E-state index contributed by atoms with van der Waals surface area (Å²) >= 11 is 0. The van der Waals surface area contributed by atoms with Crippen LogP contribution in [0.1, 0.15) is 32.7 Å². The predicted octanol–water partition coefficient (Wildman–Crippen LogP) is 3.11. The van der Waals surface area contributed by atoms with Crippen LogP contribution in [0.2, 0.25) is 0 Å². The quantitative estimate of drug-likeness (QED) is 0.476. The highest BCUT2D eigenvalue weighted by atomic mass is 16.5. The normalized spacial score (nSPS) is 19.7. The minimum Gasteiger partial charge on any atom is -0.493 e. The van der Waals surface area contributed by atoms with Crippen LogP contribution in [0.3, 0.4) is 0 Å². The Bertz CT molecular complexity index is 1190. The van der Waals surface area contributed by atoms with E-state index in [0.717, 1.165) is 69.5 Å². The summed E-state index contributed by atoms with van der Waals surface area (Å²) in [4.78, 5) is 17.6. The summed E-state index contributed by atoms with van der Waals surface area (Å²) in [5, 5.41) is 14.2. The van der Waals surface area contributed by atoms with Gasteiger partial charge >= 0.3 is 5.69 Å². The van der Waals surface area contributed by atoms with Crippen molar-refractivity contribution in [3.8, 4) is 11.4 Å². The second-order valence-electron chi connectivity index (χ2n) is 9.97. The Hall–Kier alpha value is -3.30. The summed E-state index contributed by atoms with van der Waals surface area (Å²) in [5.74, 6) is 1.42. The van der Waals surface area contributed by atoms with Gasteiger partial charge in [-0.2, -0.15) is 5.10 Å². The second-order valence-corrected chi connectivity index (χ2v) is 9.97. The maximum Gasteiger partial charge on any atom is 0.350 e. The van der Waals surface area contributed by atoms with E-state index in [1.165, 1.54) is 21.3 Å². The fourth-order valence-corrected chi connectivity index (χ4v) is 5.17. The molecule has 2 aliphatic heterocycles. The number of ether oxygens (including phenoxy) is 2. The third-order valence-electron chi connectivity index (χ3n) is 7.47. The van der Waals surface area contributed by atoms with Crippen LogP contribution in [-0.2, 0) is 4.74 Å². The smallest absolute Gasteiger partial charge is 0.350 e. The van der Waals surface area contributed by atoms with Gasteiger partial charge in [-0.25, -0.2) is 14.0 Å². The molecule has 3 aromatic rings. The van der Waals surface area contributed by atoms with Crippen molar-refractivity contribution in [1.29, 1.82) is 0 Å². The molecule has 9 nitrogen and oxygen atoms in total. The number of anilines is 2. The van der Waals surface area contributed by atoms with Gasteiger partial charge in [0.2, 0.25) is 0 Å². The molecule has 5 rings (SSSR count). The van der Waals surface area contributed by atoms with Gasteiger partial charge in [0.15, 0.2) is 0 Å². The molecule has 0 saturated carbocycles. The molecule has 0 unspecified atom stereocenters. The molecule has 2 saturated heterocycles. The summed E-state index contributed by atoms with van der Waals surface area (Å²) in [6.07, 6.45) is 2.60. The Morgan fingerprint density at radius 1 is 1.00 bits per heavy atom. The van der Waals surface area contributed by atoms with Crippen molar-refractivity contribution in [2.24, 2.45) is 5.92 Å². The predicted molar refractivity (Wildman–Crippen MR) is 144 cm³/mol. The van der Waals surface area contributed by atoms with E-state index < -0.39 is 6.10 Å². The van der Waals surface area contributed by atoms with Crippen LogP contribution < -0.4 is 20.2 Å². The molecule has 0 bridgehead atoms. The number of aliphatic hydroxyl groups is 1. The van der Waals surface area contributed by atoms with E-state index in [1.54, 1.807) is 6.92 Å². The van der Waals surface area contributed by atoms with Gasteiger partial charge in [-0.15, -0.1) is 0 Å². The van der Waals surface area contributed by atoms with Gasteiger partial charge in [0.1, 0.15) is 12.1 Å². The molecule has 3 atom stereocenters. The molecule has 9 heteroatoms.